The van der Waals surface area contributed by atoms with Crippen molar-refractivity contribution >= 4 is 29.1 Å². The lowest BCUT2D eigenvalue weighted by atomic mass is 10.1. The third kappa shape index (κ3) is 2.80. The summed E-state index contributed by atoms with van der Waals surface area (Å²) in [4.78, 5) is 4.26. The van der Waals surface area contributed by atoms with Gasteiger partial charge in [-0.05, 0) is 35.9 Å². The SMILES string of the molecule is Nc1cccnc1SCC1Cc2cc(Cl)ccc2O1. The van der Waals surface area contributed by atoms with Crippen LogP contribution in [0.15, 0.2) is 41.6 Å². The van der Waals surface area contributed by atoms with Gasteiger partial charge in [0.15, 0.2) is 0 Å². The first-order valence-electron chi connectivity index (χ1n) is 6.01. The van der Waals surface area contributed by atoms with Gasteiger partial charge < -0.3 is 10.5 Å². The van der Waals surface area contributed by atoms with Crippen molar-refractivity contribution in [3.8, 4) is 5.75 Å². The minimum atomic E-state index is 0.153. The lowest BCUT2D eigenvalue weighted by Crippen LogP contribution is -2.16. The minimum absolute atomic E-state index is 0.153. The lowest BCUT2D eigenvalue weighted by Gasteiger charge is -2.10. The number of halogens is 1. The fourth-order valence-corrected chi connectivity index (χ4v) is 3.17. The van der Waals surface area contributed by atoms with E-state index in [2.05, 4.69) is 4.98 Å². The van der Waals surface area contributed by atoms with Gasteiger partial charge in [0.05, 0.1) is 5.69 Å². The van der Waals surface area contributed by atoms with Crippen LogP contribution in [0.4, 0.5) is 5.69 Å². The van der Waals surface area contributed by atoms with Crippen LogP contribution < -0.4 is 10.5 Å². The number of anilines is 1. The summed E-state index contributed by atoms with van der Waals surface area (Å²) < 4.78 is 5.88. The molecule has 1 aliphatic heterocycles. The van der Waals surface area contributed by atoms with E-state index >= 15 is 0 Å². The second-order valence-corrected chi connectivity index (χ2v) is 5.85. The molecule has 1 aromatic carbocycles. The van der Waals surface area contributed by atoms with Gasteiger partial charge in [-0.15, -0.1) is 11.8 Å². The van der Waals surface area contributed by atoms with Crippen LogP contribution in [0.25, 0.3) is 0 Å². The van der Waals surface area contributed by atoms with Crippen LogP contribution in [0.3, 0.4) is 0 Å². The summed E-state index contributed by atoms with van der Waals surface area (Å²) in [6, 6.07) is 9.45. The van der Waals surface area contributed by atoms with Crippen molar-refractivity contribution in [2.45, 2.75) is 17.6 Å². The summed E-state index contributed by atoms with van der Waals surface area (Å²) in [5, 5.41) is 1.62. The van der Waals surface area contributed by atoms with Gasteiger partial charge in [-0.1, -0.05) is 11.6 Å². The number of nitrogens with two attached hydrogens (primary N) is 1. The number of pyridine rings is 1. The number of thioether (sulfide) groups is 1. The van der Waals surface area contributed by atoms with Gasteiger partial charge >= 0.3 is 0 Å². The van der Waals surface area contributed by atoms with Crippen molar-refractivity contribution in [3.05, 3.63) is 47.1 Å². The predicted octanol–water partition coefficient (Wildman–Crippen LogP) is 3.41. The highest BCUT2D eigenvalue weighted by Gasteiger charge is 2.23. The van der Waals surface area contributed by atoms with Crippen LogP contribution in [0.5, 0.6) is 5.75 Å². The average Bonchev–Trinajstić information content (AvgIpc) is 2.79. The van der Waals surface area contributed by atoms with Crippen molar-refractivity contribution < 1.29 is 4.74 Å². The van der Waals surface area contributed by atoms with E-state index in [4.69, 9.17) is 22.1 Å². The summed E-state index contributed by atoms with van der Waals surface area (Å²) in [7, 11) is 0. The Morgan fingerprint density at radius 1 is 1.42 bits per heavy atom. The zero-order chi connectivity index (χ0) is 13.2. The Hall–Kier alpha value is -1.39. The summed E-state index contributed by atoms with van der Waals surface area (Å²) >= 11 is 7.60. The van der Waals surface area contributed by atoms with E-state index in [1.54, 1.807) is 18.0 Å². The Balaban J connectivity index is 1.63. The van der Waals surface area contributed by atoms with Crippen LogP contribution in [0.2, 0.25) is 5.02 Å². The van der Waals surface area contributed by atoms with Crippen molar-refractivity contribution in [3.63, 3.8) is 0 Å². The standard InChI is InChI=1S/C14H13ClN2OS/c15-10-3-4-13-9(6-10)7-11(18-13)8-19-14-12(16)2-1-5-17-14/h1-6,11H,7-8,16H2. The van der Waals surface area contributed by atoms with Crippen LogP contribution in [-0.4, -0.2) is 16.8 Å². The molecule has 1 aromatic heterocycles. The molecule has 0 bridgehead atoms. The molecule has 2 aromatic rings. The molecule has 1 unspecified atom stereocenters. The third-order valence-electron chi connectivity index (χ3n) is 2.97. The summed E-state index contributed by atoms with van der Waals surface area (Å²) in [5.74, 6) is 1.76. The zero-order valence-electron chi connectivity index (χ0n) is 10.2. The van der Waals surface area contributed by atoms with Crippen LogP contribution in [0, 0.1) is 0 Å². The molecular weight excluding hydrogens is 280 g/mol. The first kappa shape index (κ1) is 12.6. The third-order valence-corrected chi connectivity index (χ3v) is 4.36. The predicted molar refractivity (Wildman–Crippen MR) is 78.9 cm³/mol. The van der Waals surface area contributed by atoms with Gasteiger partial charge in [0.2, 0.25) is 0 Å². The fraction of sp³-hybridized carbons (Fsp3) is 0.214. The molecule has 0 radical (unpaired) electrons. The fourth-order valence-electron chi connectivity index (χ4n) is 2.08. The summed E-state index contributed by atoms with van der Waals surface area (Å²) in [5.41, 5.74) is 7.75. The molecule has 1 atom stereocenters. The molecule has 0 spiro atoms. The second-order valence-electron chi connectivity index (χ2n) is 4.40. The van der Waals surface area contributed by atoms with Crippen LogP contribution in [-0.2, 0) is 6.42 Å². The number of benzene rings is 1. The Morgan fingerprint density at radius 2 is 2.32 bits per heavy atom. The molecule has 19 heavy (non-hydrogen) atoms. The molecule has 0 saturated heterocycles. The number of nitrogen functional groups attached to an aromatic ring is 1. The molecule has 3 rings (SSSR count). The maximum Gasteiger partial charge on any atom is 0.123 e. The topological polar surface area (TPSA) is 48.1 Å². The van der Waals surface area contributed by atoms with Crippen molar-refractivity contribution in [1.29, 1.82) is 0 Å². The van der Waals surface area contributed by atoms with Gasteiger partial charge in [-0.25, -0.2) is 4.98 Å². The van der Waals surface area contributed by atoms with Gasteiger partial charge in [0.1, 0.15) is 16.9 Å². The van der Waals surface area contributed by atoms with Gasteiger partial charge in [0, 0.05) is 23.4 Å². The Labute approximate surface area is 121 Å². The largest absolute Gasteiger partial charge is 0.489 e. The zero-order valence-corrected chi connectivity index (χ0v) is 11.7. The van der Waals surface area contributed by atoms with E-state index in [1.807, 2.05) is 30.3 Å². The van der Waals surface area contributed by atoms with Crippen LogP contribution in [0.1, 0.15) is 5.56 Å². The van der Waals surface area contributed by atoms with E-state index in [0.29, 0.717) is 5.69 Å². The highest BCUT2D eigenvalue weighted by Crippen LogP contribution is 2.33. The Morgan fingerprint density at radius 3 is 3.16 bits per heavy atom. The highest BCUT2D eigenvalue weighted by molar-refractivity contribution is 7.99. The Kier molecular flexibility index (Phi) is 3.53. The molecule has 2 heterocycles. The van der Waals surface area contributed by atoms with Crippen molar-refractivity contribution in [2.75, 3.05) is 11.5 Å². The number of nitrogens with zero attached hydrogens (tertiary/aromatic N) is 1. The molecule has 5 heteroatoms. The summed E-state index contributed by atoms with van der Waals surface area (Å²) in [6.45, 7) is 0. The van der Waals surface area contributed by atoms with Gasteiger partial charge in [-0.2, -0.15) is 0 Å². The monoisotopic (exact) mass is 292 g/mol. The molecule has 0 saturated carbocycles. The minimum Gasteiger partial charge on any atom is -0.489 e. The first-order chi connectivity index (χ1) is 9.22. The number of aromatic nitrogens is 1. The van der Waals surface area contributed by atoms with Gasteiger partial charge in [0.25, 0.3) is 0 Å². The van der Waals surface area contributed by atoms with E-state index < -0.39 is 0 Å². The molecular formula is C14H13ClN2OS. The highest BCUT2D eigenvalue weighted by atomic mass is 35.5. The first-order valence-corrected chi connectivity index (χ1v) is 7.37. The summed E-state index contributed by atoms with van der Waals surface area (Å²) in [6.07, 6.45) is 2.79. The number of rotatable bonds is 3. The number of hydrogen-bond acceptors (Lipinski definition) is 4. The molecule has 2 N–H and O–H groups in total. The van der Waals surface area contributed by atoms with Crippen molar-refractivity contribution in [2.24, 2.45) is 0 Å². The van der Waals surface area contributed by atoms with E-state index in [1.165, 1.54) is 5.56 Å². The maximum atomic E-state index is 5.98. The smallest absolute Gasteiger partial charge is 0.123 e. The molecule has 3 nitrogen and oxygen atoms in total. The van der Waals surface area contributed by atoms with E-state index in [-0.39, 0.29) is 6.10 Å². The van der Waals surface area contributed by atoms with Crippen molar-refractivity contribution in [1.82, 2.24) is 4.98 Å². The quantitative estimate of drug-likeness (QED) is 0.881. The molecule has 0 amide bonds. The maximum absolute atomic E-state index is 5.98. The van der Waals surface area contributed by atoms with E-state index in [9.17, 15) is 0 Å². The number of fused-ring (bicyclic) bond motifs is 1. The molecule has 0 aliphatic carbocycles. The number of ether oxygens (including phenoxy) is 1. The van der Waals surface area contributed by atoms with Crippen LogP contribution >= 0.6 is 23.4 Å². The van der Waals surface area contributed by atoms with E-state index in [0.717, 1.165) is 28.0 Å². The average molecular weight is 293 g/mol. The molecule has 98 valence electrons. The normalized spacial score (nSPS) is 17.0. The number of hydrogen-bond donors (Lipinski definition) is 1. The second kappa shape index (κ2) is 5.31. The molecule has 1 aliphatic rings. The Bertz CT molecular complexity index is 606. The molecule has 0 fully saturated rings. The lowest BCUT2D eigenvalue weighted by molar-refractivity contribution is 0.259. The van der Waals surface area contributed by atoms with Gasteiger partial charge in [-0.3, -0.25) is 0 Å².